The van der Waals surface area contributed by atoms with E-state index >= 15 is 0 Å². The summed E-state index contributed by atoms with van der Waals surface area (Å²) in [4.78, 5) is 57.7. The van der Waals surface area contributed by atoms with E-state index < -0.39 is 0 Å². The molecule has 2 aliphatic rings. The van der Waals surface area contributed by atoms with E-state index in [0.717, 1.165) is 68.9 Å². The summed E-state index contributed by atoms with van der Waals surface area (Å²) in [5.74, 6) is 2.88. The van der Waals surface area contributed by atoms with Crippen LogP contribution in [0.5, 0.6) is 11.5 Å². The topological polar surface area (TPSA) is 142 Å². The summed E-state index contributed by atoms with van der Waals surface area (Å²) in [5.41, 5.74) is 6.42. The van der Waals surface area contributed by atoms with E-state index in [-0.39, 0.29) is 46.0 Å². The number of aromatic nitrogens is 6. The van der Waals surface area contributed by atoms with Crippen molar-refractivity contribution in [3.63, 3.8) is 0 Å². The number of benzene rings is 4. The monoisotopic (exact) mass is 890 g/mol. The zero-order chi connectivity index (χ0) is 44.2. The Bertz CT molecular complexity index is 2870. The van der Waals surface area contributed by atoms with Gasteiger partial charge in [-0.25, -0.2) is 19.9 Å². The highest BCUT2D eigenvalue weighted by atomic mass is 35.5. The van der Waals surface area contributed by atoms with Crippen LogP contribution in [0.25, 0.3) is 55.2 Å². The predicted molar refractivity (Wildman–Crippen MR) is 249 cm³/mol. The summed E-state index contributed by atoms with van der Waals surface area (Å²) in [7, 11) is 3.19. The molecule has 0 aliphatic carbocycles. The van der Waals surface area contributed by atoms with Gasteiger partial charge in [-0.2, -0.15) is 0 Å². The summed E-state index contributed by atoms with van der Waals surface area (Å²) < 4.78 is 11.1. The van der Waals surface area contributed by atoms with Gasteiger partial charge >= 0.3 is 0 Å². The van der Waals surface area contributed by atoms with Crippen molar-refractivity contribution in [2.45, 2.75) is 38.8 Å². The number of aromatic amines is 2. The smallest absolute Gasteiger partial charge is 0.273 e. The average Bonchev–Trinajstić information content (AvgIpc) is 4.15. The molecule has 8 aromatic rings. The standard InChI is InChI=1S/C50H44Cl2N8O4/c1-27-19-39(59(25-27)49(61)45-33-7-5-9-41(63-3)35(33)21-43(51)57-45)47-53-23-37(55-47)31-15-11-29(12-16-31)30-13-17-32(18-14-30)38-24-54-48(56-38)40-20-28(2)26-60(40)50(62)46-34-8-6-10-42(64-4)36(34)22-44(52)58-46/h5-18,21-24,27-28,39-40H,19-20,25-26H2,1-4H3,(H,53,55)(H,54,56)/t27-,28-,39?,40?/m1/s1. The van der Waals surface area contributed by atoms with Crippen molar-refractivity contribution in [2.75, 3.05) is 27.3 Å². The number of fused-ring (bicyclic) bond motifs is 2. The highest BCUT2D eigenvalue weighted by Crippen LogP contribution is 2.40. The van der Waals surface area contributed by atoms with E-state index in [2.05, 4.69) is 82.3 Å². The summed E-state index contributed by atoms with van der Waals surface area (Å²) in [5, 5.41) is 3.33. The molecule has 2 unspecified atom stereocenters. The van der Waals surface area contributed by atoms with Crippen LogP contribution in [-0.2, 0) is 0 Å². The first kappa shape index (κ1) is 41.3. The number of H-pyrrole nitrogens is 2. The fraction of sp³-hybridized carbons (Fsp3) is 0.240. The minimum absolute atomic E-state index is 0.193. The second-order valence-electron chi connectivity index (χ2n) is 16.8. The Labute approximate surface area is 379 Å². The van der Waals surface area contributed by atoms with E-state index in [1.165, 1.54) is 0 Å². The second kappa shape index (κ2) is 16.7. The van der Waals surface area contributed by atoms with E-state index in [0.29, 0.717) is 46.7 Å². The van der Waals surface area contributed by atoms with Crippen molar-refractivity contribution in [1.82, 2.24) is 39.7 Å². The molecule has 0 radical (unpaired) electrons. The maximum Gasteiger partial charge on any atom is 0.273 e. The number of amides is 2. The van der Waals surface area contributed by atoms with Crippen LogP contribution in [0.1, 0.15) is 71.4 Å². The predicted octanol–water partition coefficient (Wildman–Crippen LogP) is 11.0. The van der Waals surface area contributed by atoms with Crippen molar-refractivity contribution in [1.29, 1.82) is 0 Å². The van der Waals surface area contributed by atoms with Crippen LogP contribution < -0.4 is 9.47 Å². The first-order valence-corrected chi connectivity index (χ1v) is 22.0. The van der Waals surface area contributed by atoms with Crippen LogP contribution in [-0.4, -0.2) is 78.8 Å². The molecule has 2 aliphatic heterocycles. The fourth-order valence-corrected chi connectivity index (χ4v) is 9.83. The van der Waals surface area contributed by atoms with Crippen molar-refractivity contribution in [3.05, 3.63) is 143 Å². The van der Waals surface area contributed by atoms with Crippen LogP contribution in [0.15, 0.2) is 109 Å². The number of rotatable bonds is 9. The summed E-state index contributed by atoms with van der Waals surface area (Å²) in [6.07, 6.45) is 5.19. The Morgan fingerprint density at radius 1 is 0.578 bits per heavy atom. The number of imidazole rings is 2. The number of methoxy groups -OCH3 is 2. The molecular weight excluding hydrogens is 848 g/mol. The average molecular weight is 892 g/mol. The Balaban J connectivity index is 0.837. The molecule has 4 aromatic carbocycles. The Hall–Kier alpha value is -6.76. The van der Waals surface area contributed by atoms with Gasteiger partial charge in [-0.15, -0.1) is 0 Å². The maximum atomic E-state index is 14.2. The minimum Gasteiger partial charge on any atom is -0.496 e. The van der Waals surface area contributed by atoms with E-state index in [4.69, 9.17) is 42.6 Å². The summed E-state index contributed by atoms with van der Waals surface area (Å²) in [6, 6.07) is 30.8. The number of halogens is 2. The number of hydrogen-bond donors (Lipinski definition) is 2. The van der Waals surface area contributed by atoms with Gasteiger partial charge in [0.1, 0.15) is 44.8 Å². The number of carbonyl (C=O) groups excluding carboxylic acids is 2. The highest BCUT2D eigenvalue weighted by molar-refractivity contribution is 6.31. The largest absolute Gasteiger partial charge is 0.496 e. The zero-order valence-corrected chi connectivity index (χ0v) is 37.1. The lowest BCUT2D eigenvalue weighted by atomic mass is 10.0. The minimum atomic E-state index is -0.249. The van der Waals surface area contributed by atoms with Crippen molar-refractivity contribution in [2.24, 2.45) is 11.8 Å². The van der Waals surface area contributed by atoms with Gasteiger partial charge in [-0.3, -0.25) is 9.59 Å². The van der Waals surface area contributed by atoms with Gasteiger partial charge in [-0.05, 0) is 71.2 Å². The molecule has 12 nitrogen and oxygen atoms in total. The van der Waals surface area contributed by atoms with Gasteiger partial charge in [0.15, 0.2) is 0 Å². The van der Waals surface area contributed by atoms with Gasteiger partial charge in [0.25, 0.3) is 11.8 Å². The van der Waals surface area contributed by atoms with E-state index in [1.807, 2.05) is 58.6 Å². The molecule has 322 valence electrons. The number of carbonyl (C=O) groups is 2. The van der Waals surface area contributed by atoms with E-state index in [1.54, 1.807) is 26.4 Å². The fourth-order valence-electron chi connectivity index (χ4n) is 9.44. The molecule has 6 heterocycles. The van der Waals surface area contributed by atoms with E-state index in [9.17, 15) is 9.59 Å². The number of nitrogens with zero attached hydrogens (tertiary/aromatic N) is 6. The van der Waals surface area contributed by atoms with Gasteiger partial charge < -0.3 is 29.2 Å². The number of likely N-dealkylation sites (tertiary alicyclic amines) is 2. The van der Waals surface area contributed by atoms with Crippen LogP contribution in [0.4, 0.5) is 0 Å². The molecule has 64 heavy (non-hydrogen) atoms. The Morgan fingerprint density at radius 2 is 0.969 bits per heavy atom. The Kier molecular flexibility index (Phi) is 10.8. The molecular formula is C50H44Cl2N8O4. The first-order chi connectivity index (χ1) is 31.1. The molecule has 10 rings (SSSR count). The van der Waals surface area contributed by atoms with Gasteiger partial charge in [0.05, 0.1) is 50.1 Å². The number of nitrogens with one attached hydrogen (secondary N) is 2. The van der Waals surface area contributed by atoms with Crippen LogP contribution >= 0.6 is 23.2 Å². The van der Waals surface area contributed by atoms with Crippen molar-refractivity contribution in [3.8, 4) is 45.1 Å². The Morgan fingerprint density at radius 3 is 1.36 bits per heavy atom. The number of ether oxygens (including phenoxy) is 2. The third kappa shape index (κ3) is 7.50. The molecule has 4 aromatic heterocycles. The number of pyridine rings is 2. The van der Waals surface area contributed by atoms with Crippen LogP contribution in [0.3, 0.4) is 0 Å². The maximum absolute atomic E-state index is 14.2. The SMILES string of the molecule is COc1cccc2c(C(=O)N3C[C@H](C)CC3c3ncc(-c4ccc(-c5ccc(-c6cnc(C7C[C@@H](C)CN7C(=O)c7nc(Cl)cc8c(OC)cccc78)[nH]6)cc5)cc4)[nH]3)nc(Cl)cc12. The highest BCUT2D eigenvalue weighted by Gasteiger charge is 2.39. The molecule has 2 amide bonds. The summed E-state index contributed by atoms with van der Waals surface area (Å²) >= 11 is 12.9. The molecule has 2 saturated heterocycles. The van der Waals surface area contributed by atoms with Gasteiger partial charge in [0.2, 0.25) is 0 Å². The summed E-state index contributed by atoms with van der Waals surface area (Å²) in [6.45, 7) is 5.43. The third-order valence-corrected chi connectivity index (χ3v) is 12.9. The molecule has 0 saturated carbocycles. The second-order valence-corrected chi connectivity index (χ2v) is 17.6. The lowest BCUT2D eigenvalue weighted by molar-refractivity contribution is 0.0716. The molecule has 2 fully saturated rings. The van der Waals surface area contributed by atoms with Crippen molar-refractivity contribution < 1.29 is 19.1 Å². The lowest BCUT2D eigenvalue weighted by Crippen LogP contribution is -2.32. The normalized spacial score (nSPS) is 18.6. The lowest BCUT2D eigenvalue weighted by Gasteiger charge is -2.23. The van der Waals surface area contributed by atoms with Crippen molar-refractivity contribution >= 4 is 56.6 Å². The third-order valence-electron chi connectivity index (χ3n) is 12.5. The molecule has 0 bridgehead atoms. The molecule has 14 heteroatoms. The quantitative estimate of drug-likeness (QED) is 0.136. The zero-order valence-electron chi connectivity index (χ0n) is 35.6. The van der Waals surface area contributed by atoms with Crippen LogP contribution in [0.2, 0.25) is 10.3 Å². The molecule has 4 atom stereocenters. The number of hydrogen-bond acceptors (Lipinski definition) is 8. The van der Waals surface area contributed by atoms with Gasteiger partial charge in [-0.1, -0.05) is 110 Å². The van der Waals surface area contributed by atoms with Crippen LogP contribution in [0, 0.1) is 11.8 Å². The molecule has 2 N–H and O–H groups in total. The first-order valence-electron chi connectivity index (χ1n) is 21.3. The van der Waals surface area contributed by atoms with Gasteiger partial charge in [0, 0.05) is 34.6 Å². The molecule has 0 spiro atoms.